The lowest BCUT2D eigenvalue weighted by molar-refractivity contribution is 0.0681. The fraction of sp³-hybridized carbons (Fsp3) is 0.290. The van der Waals surface area contributed by atoms with E-state index < -0.39 is 0 Å². The summed E-state index contributed by atoms with van der Waals surface area (Å²) >= 11 is 3.47. The van der Waals surface area contributed by atoms with Crippen molar-refractivity contribution in [2.24, 2.45) is 11.0 Å². The molecule has 3 aromatic carbocycles. The molecule has 5 nitrogen and oxygen atoms in total. The van der Waals surface area contributed by atoms with Crippen molar-refractivity contribution in [3.63, 3.8) is 0 Å². The van der Waals surface area contributed by atoms with E-state index in [0.29, 0.717) is 18.8 Å². The van der Waals surface area contributed by atoms with Crippen molar-refractivity contribution in [1.82, 2.24) is 5.01 Å². The van der Waals surface area contributed by atoms with Gasteiger partial charge in [0, 0.05) is 16.0 Å². The molecule has 5 rings (SSSR count). The van der Waals surface area contributed by atoms with Gasteiger partial charge in [0.05, 0.1) is 25.0 Å². The summed E-state index contributed by atoms with van der Waals surface area (Å²) in [5.74, 6) is 1.75. The van der Waals surface area contributed by atoms with E-state index in [1.165, 1.54) is 5.57 Å². The zero-order valence-corrected chi connectivity index (χ0v) is 22.8. The van der Waals surface area contributed by atoms with E-state index >= 15 is 0 Å². The van der Waals surface area contributed by atoms with Crippen LogP contribution in [-0.4, -0.2) is 29.8 Å². The molecule has 0 radical (unpaired) electrons. The number of hydrogen-bond donors (Lipinski definition) is 0. The van der Waals surface area contributed by atoms with E-state index in [1.54, 1.807) is 5.01 Å². The van der Waals surface area contributed by atoms with E-state index in [9.17, 15) is 4.79 Å². The Bertz CT molecular complexity index is 1300. The summed E-state index contributed by atoms with van der Waals surface area (Å²) in [5, 5.41) is 6.72. The zero-order valence-electron chi connectivity index (χ0n) is 21.2. The number of carbonyl (C=O) groups excluding carboxylic acids is 1. The topological polar surface area (TPSA) is 51.1 Å². The minimum absolute atomic E-state index is 0.0892. The molecule has 0 N–H and O–H groups in total. The van der Waals surface area contributed by atoms with Gasteiger partial charge in [0.2, 0.25) is 0 Å². The number of fused-ring (bicyclic) bond motifs is 1. The normalized spacial score (nSPS) is 19.9. The Labute approximate surface area is 226 Å². The molecule has 1 fully saturated rings. The highest BCUT2D eigenvalue weighted by Crippen LogP contribution is 2.45. The first-order chi connectivity index (χ1) is 18.1. The maximum Gasteiger partial charge on any atom is 0.274 e. The number of nitrogens with zero attached hydrogens (tertiary/aromatic N) is 2. The maximum atomic E-state index is 13.8. The van der Waals surface area contributed by atoms with Gasteiger partial charge in [-0.25, -0.2) is 5.01 Å². The second-order valence-electron chi connectivity index (χ2n) is 9.26. The van der Waals surface area contributed by atoms with Crippen LogP contribution in [0.4, 0.5) is 0 Å². The molecule has 1 saturated carbocycles. The zero-order chi connectivity index (χ0) is 25.8. The first-order valence-corrected chi connectivity index (χ1v) is 13.7. The van der Waals surface area contributed by atoms with Gasteiger partial charge in [0.15, 0.2) is 0 Å². The molecule has 2 unspecified atom stereocenters. The SMILES string of the molecule is CCOc1ccc(/C=C2/CCCC3C2=NN(C(=O)c2ccc(Br)cc2)C3c2ccc(OCC)cc2)cc1. The lowest BCUT2D eigenvalue weighted by Crippen LogP contribution is -2.31. The Hall–Kier alpha value is -3.38. The van der Waals surface area contributed by atoms with Gasteiger partial charge in [0.1, 0.15) is 11.5 Å². The summed E-state index contributed by atoms with van der Waals surface area (Å²) in [6, 6.07) is 23.6. The maximum absolute atomic E-state index is 13.8. The first kappa shape index (κ1) is 25.3. The van der Waals surface area contributed by atoms with E-state index in [0.717, 1.165) is 52.1 Å². The Balaban J connectivity index is 1.52. The molecule has 2 atom stereocenters. The minimum atomic E-state index is -0.161. The number of halogens is 1. The second-order valence-corrected chi connectivity index (χ2v) is 10.2. The van der Waals surface area contributed by atoms with Gasteiger partial charge in [-0.3, -0.25) is 4.79 Å². The molecule has 1 amide bonds. The van der Waals surface area contributed by atoms with Gasteiger partial charge >= 0.3 is 0 Å². The third kappa shape index (κ3) is 5.49. The van der Waals surface area contributed by atoms with Crippen molar-refractivity contribution >= 4 is 33.6 Å². The molecule has 0 bridgehead atoms. The van der Waals surface area contributed by atoms with Crippen LogP contribution in [0.25, 0.3) is 6.08 Å². The number of ether oxygens (including phenoxy) is 2. The molecule has 0 saturated heterocycles. The second kappa shape index (κ2) is 11.3. The van der Waals surface area contributed by atoms with Crippen LogP contribution in [0.2, 0.25) is 0 Å². The van der Waals surface area contributed by atoms with E-state index in [-0.39, 0.29) is 17.9 Å². The lowest BCUT2D eigenvalue weighted by atomic mass is 9.77. The molecule has 1 aliphatic carbocycles. The predicted octanol–water partition coefficient (Wildman–Crippen LogP) is 7.68. The highest BCUT2D eigenvalue weighted by Gasteiger charge is 2.43. The standard InChI is InChI=1S/C31H31BrN2O3/c1-3-36-26-16-8-21(9-17-26)20-24-6-5-7-28-29(24)33-34(31(35)23-10-14-25(32)15-11-23)30(28)22-12-18-27(19-13-22)37-4-2/h8-20,28,30H,3-7H2,1-2H3/b24-20-. The number of carbonyl (C=O) groups is 1. The molecule has 2 aliphatic rings. The summed E-state index contributed by atoms with van der Waals surface area (Å²) in [6.45, 7) is 5.23. The number of hydrogen-bond acceptors (Lipinski definition) is 4. The third-order valence-corrected chi connectivity index (χ3v) is 7.39. The van der Waals surface area contributed by atoms with E-state index in [1.807, 2.05) is 62.4 Å². The Kier molecular flexibility index (Phi) is 7.75. The number of allylic oxidation sites excluding steroid dienone is 1. The molecule has 6 heteroatoms. The van der Waals surface area contributed by atoms with Crippen molar-refractivity contribution in [1.29, 1.82) is 0 Å². The van der Waals surface area contributed by atoms with Crippen LogP contribution < -0.4 is 9.47 Å². The third-order valence-electron chi connectivity index (χ3n) is 6.87. The molecule has 1 heterocycles. The first-order valence-electron chi connectivity index (χ1n) is 12.9. The van der Waals surface area contributed by atoms with Gasteiger partial charge in [0.25, 0.3) is 5.91 Å². The number of rotatable bonds is 7. The molecule has 3 aromatic rings. The van der Waals surface area contributed by atoms with Gasteiger partial charge in [-0.15, -0.1) is 0 Å². The van der Waals surface area contributed by atoms with Crippen LogP contribution in [0.3, 0.4) is 0 Å². The molecular formula is C31H31BrN2O3. The van der Waals surface area contributed by atoms with Crippen molar-refractivity contribution in [2.45, 2.75) is 39.2 Å². The number of hydrazone groups is 1. The molecule has 0 aromatic heterocycles. The quantitative estimate of drug-likeness (QED) is 0.298. The Morgan fingerprint density at radius 3 is 2.19 bits per heavy atom. The van der Waals surface area contributed by atoms with Crippen molar-refractivity contribution in [2.75, 3.05) is 13.2 Å². The van der Waals surface area contributed by atoms with Crippen molar-refractivity contribution < 1.29 is 14.3 Å². The summed E-state index contributed by atoms with van der Waals surface area (Å²) < 4.78 is 12.2. The van der Waals surface area contributed by atoms with Gasteiger partial charge in [-0.1, -0.05) is 40.2 Å². The highest BCUT2D eigenvalue weighted by atomic mass is 79.9. The van der Waals surface area contributed by atoms with Crippen LogP contribution in [-0.2, 0) is 0 Å². The fourth-order valence-electron chi connectivity index (χ4n) is 5.18. The van der Waals surface area contributed by atoms with E-state index in [4.69, 9.17) is 14.6 Å². The van der Waals surface area contributed by atoms with Crippen LogP contribution >= 0.6 is 15.9 Å². The monoisotopic (exact) mass is 558 g/mol. The van der Waals surface area contributed by atoms with Gasteiger partial charge in [-0.2, -0.15) is 5.10 Å². The summed E-state index contributed by atoms with van der Waals surface area (Å²) in [5.41, 5.74) is 5.02. The number of benzene rings is 3. The Morgan fingerprint density at radius 2 is 1.57 bits per heavy atom. The molecule has 37 heavy (non-hydrogen) atoms. The van der Waals surface area contributed by atoms with Crippen LogP contribution in [0.15, 0.2) is 87.9 Å². The van der Waals surface area contributed by atoms with Crippen molar-refractivity contribution in [3.05, 3.63) is 99.5 Å². The lowest BCUT2D eigenvalue weighted by Gasteiger charge is -2.29. The average Bonchev–Trinajstić information content (AvgIpc) is 3.31. The average molecular weight is 560 g/mol. The minimum Gasteiger partial charge on any atom is -0.494 e. The number of amides is 1. The van der Waals surface area contributed by atoms with Gasteiger partial charge in [-0.05, 0) is 104 Å². The van der Waals surface area contributed by atoms with Gasteiger partial charge < -0.3 is 9.47 Å². The van der Waals surface area contributed by atoms with Crippen LogP contribution in [0, 0.1) is 5.92 Å². The smallest absolute Gasteiger partial charge is 0.274 e. The largest absolute Gasteiger partial charge is 0.494 e. The molecule has 0 spiro atoms. The molecule has 190 valence electrons. The molecule has 1 aliphatic heterocycles. The molecular weight excluding hydrogens is 528 g/mol. The van der Waals surface area contributed by atoms with E-state index in [2.05, 4.69) is 46.3 Å². The van der Waals surface area contributed by atoms with Crippen LogP contribution in [0.5, 0.6) is 11.5 Å². The Morgan fingerprint density at radius 1 is 0.946 bits per heavy atom. The highest BCUT2D eigenvalue weighted by molar-refractivity contribution is 9.10. The van der Waals surface area contributed by atoms with Crippen LogP contribution in [0.1, 0.15) is 60.6 Å². The summed E-state index contributed by atoms with van der Waals surface area (Å²) in [6.07, 6.45) is 5.20. The summed E-state index contributed by atoms with van der Waals surface area (Å²) in [4.78, 5) is 13.8. The van der Waals surface area contributed by atoms with Crippen molar-refractivity contribution in [3.8, 4) is 11.5 Å². The predicted molar refractivity (Wildman–Crippen MR) is 151 cm³/mol. The fourth-order valence-corrected chi connectivity index (χ4v) is 5.45. The summed E-state index contributed by atoms with van der Waals surface area (Å²) in [7, 11) is 0.